The van der Waals surface area contributed by atoms with Crippen molar-refractivity contribution in [2.45, 2.75) is 44.9 Å². The molecule has 0 saturated heterocycles. The van der Waals surface area contributed by atoms with Crippen molar-refractivity contribution < 1.29 is 9.59 Å². The van der Waals surface area contributed by atoms with Crippen LogP contribution in [0.15, 0.2) is 54.6 Å². The second-order valence-corrected chi connectivity index (χ2v) is 6.46. The van der Waals surface area contributed by atoms with Crippen molar-refractivity contribution in [2.24, 2.45) is 0 Å². The molecule has 1 unspecified atom stereocenters. The monoisotopic (exact) mass is 342 g/mol. The summed E-state index contributed by atoms with van der Waals surface area (Å²) in [6, 6.07) is 16.4. The maximum Gasteiger partial charge on any atom is 0.163 e. The lowest BCUT2D eigenvalue weighted by Crippen LogP contribution is -2.17. The highest BCUT2D eigenvalue weighted by Gasteiger charge is 2.23. The molecule has 0 amide bonds. The highest BCUT2D eigenvalue weighted by molar-refractivity contribution is 6.30. The summed E-state index contributed by atoms with van der Waals surface area (Å²) in [5, 5.41) is 0.599. The molecule has 0 aliphatic rings. The lowest BCUT2D eigenvalue weighted by atomic mass is 9.86. The lowest BCUT2D eigenvalue weighted by Gasteiger charge is -2.16. The van der Waals surface area contributed by atoms with Gasteiger partial charge in [-0.2, -0.15) is 0 Å². The molecule has 1 atom stereocenters. The number of benzene rings is 2. The standard InChI is InChI=1S/C21H23ClO2/c1-2-3-5-10-20(23)19(16-8-6-4-7-9-16)15-21(24)17-11-13-18(22)14-12-17/h4,6-9,11-14,19H,2-3,5,10,15H2,1H3. The van der Waals surface area contributed by atoms with Gasteiger partial charge in [-0.15, -0.1) is 0 Å². The first-order valence-electron chi connectivity index (χ1n) is 8.48. The first-order chi connectivity index (χ1) is 11.6. The molecule has 0 spiro atoms. The van der Waals surface area contributed by atoms with Crippen LogP contribution in [0.2, 0.25) is 5.02 Å². The summed E-state index contributed by atoms with van der Waals surface area (Å²) in [6.45, 7) is 2.11. The summed E-state index contributed by atoms with van der Waals surface area (Å²) >= 11 is 5.87. The second-order valence-electron chi connectivity index (χ2n) is 6.02. The summed E-state index contributed by atoms with van der Waals surface area (Å²) in [4.78, 5) is 25.2. The number of halogens is 1. The first kappa shape index (κ1) is 18.4. The molecule has 0 radical (unpaired) electrons. The van der Waals surface area contributed by atoms with E-state index in [9.17, 15) is 9.59 Å². The highest BCUT2D eigenvalue weighted by atomic mass is 35.5. The third kappa shape index (κ3) is 5.31. The molecule has 3 heteroatoms. The van der Waals surface area contributed by atoms with E-state index in [1.54, 1.807) is 24.3 Å². The van der Waals surface area contributed by atoms with Crippen LogP contribution in [0, 0.1) is 0 Å². The van der Waals surface area contributed by atoms with E-state index in [1.807, 2.05) is 30.3 Å². The summed E-state index contributed by atoms with van der Waals surface area (Å²) in [6.07, 6.45) is 3.73. The van der Waals surface area contributed by atoms with Crippen LogP contribution in [0.1, 0.15) is 60.9 Å². The third-order valence-electron chi connectivity index (χ3n) is 4.17. The Morgan fingerprint density at radius 1 is 0.958 bits per heavy atom. The van der Waals surface area contributed by atoms with Crippen LogP contribution < -0.4 is 0 Å². The van der Waals surface area contributed by atoms with E-state index in [0.29, 0.717) is 17.0 Å². The van der Waals surface area contributed by atoms with Crippen LogP contribution in [0.5, 0.6) is 0 Å². The van der Waals surface area contributed by atoms with E-state index in [2.05, 4.69) is 6.92 Å². The normalized spacial score (nSPS) is 11.9. The van der Waals surface area contributed by atoms with Gasteiger partial charge in [-0.05, 0) is 36.2 Å². The largest absolute Gasteiger partial charge is 0.299 e. The van der Waals surface area contributed by atoms with Crippen LogP contribution in [-0.2, 0) is 4.79 Å². The fraction of sp³-hybridized carbons (Fsp3) is 0.333. The van der Waals surface area contributed by atoms with Gasteiger partial charge < -0.3 is 0 Å². The Labute approximate surface area is 148 Å². The maximum atomic E-state index is 12.7. The van der Waals surface area contributed by atoms with Gasteiger partial charge in [-0.3, -0.25) is 9.59 Å². The Kier molecular flexibility index (Phi) is 7.20. The topological polar surface area (TPSA) is 34.1 Å². The molecule has 2 aromatic carbocycles. The van der Waals surface area contributed by atoms with E-state index in [4.69, 9.17) is 11.6 Å². The van der Waals surface area contributed by atoms with Crippen molar-refractivity contribution in [2.75, 3.05) is 0 Å². The Balaban J connectivity index is 2.14. The molecule has 0 fully saturated rings. The Morgan fingerprint density at radius 2 is 1.62 bits per heavy atom. The van der Waals surface area contributed by atoms with Gasteiger partial charge in [0, 0.05) is 29.3 Å². The molecule has 0 bridgehead atoms. The number of Topliss-reactive ketones (excluding diaryl/α,β-unsaturated/α-hetero) is 2. The fourth-order valence-corrected chi connectivity index (χ4v) is 2.89. The van der Waals surface area contributed by atoms with Crippen molar-refractivity contribution in [3.8, 4) is 0 Å². The smallest absolute Gasteiger partial charge is 0.163 e. The number of unbranched alkanes of at least 4 members (excludes halogenated alkanes) is 2. The van der Waals surface area contributed by atoms with Crippen LogP contribution in [-0.4, -0.2) is 11.6 Å². The third-order valence-corrected chi connectivity index (χ3v) is 4.43. The average Bonchev–Trinajstić information content (AvgIpc) is 2.61. The SMILES string of the molecule is CCCCCC(=O)C(CC(=O)c1ccc(Cl)cc1)c1ccccc1. The van der Waals surface area contributed by atoms with Crippen LogP contribution in [0.3, 0.4) is 0 Å². The Morgan fingerprint density at radius 3 is 2.25 bits per heavy atom. The molecule has 0 aromatic heterocycles. The van der Waals surface area contributed by atoms with Gasteiger partial charge in [0.05, 0.1) is 0 Å². The van der Waals surface area contributed by atoms with E-state index in [0.717, 1.165) is 24.8 Å². The van der Waals surface area contributed by atoms with Gasteiger partial charge in [-0.1, -0.05) is 61.7 Å². The minimum Gasteiger partial charge on any atom is -0.299 e. The van der Waals surface area contributed by atoms with Gasteiger partial charge >= 0.3 is 0 Å². The predicted octanol–water partition coefficient (Wildman–Crippen LogP) is 5.85. The molecule has 0 saturated carbocycles. The van der Waals surface area contributed by atoms with Gasteiger partial charge in [-0.25, -0.2) is 0 Å². The zero-order valence-corrected chi connectivity index (χ0v) is 14.8. The highest BCUT2D eigenvalue weighted by Crippen LogP contribution is 2.25. The summed E-state index contributed by atoms with van der Waals surface area (Å²) in [5.41, 5.74) is 1.52. The molecule has 0 aliphatic heterocycles. The van der Waals surface area contributed by atoms with E-state index >= 15 is 0 Å². The minimum atomic E-state index is -0.369. The van der Waals surface area contributed by atoms with Crippen LogP contribution >= 0.6 is 11.6 Å². The number of carbonyl (C=O) groups excluding carboxylic acids is 2. The van der Waals surface area contributed by atoms with Crippen molar-refractivity contribution in [1.29, 1.82) is 0 Å². The second kappa shape index (κ2) is 9.39. The molecule has 0 heterocycles. The van der Waals surface area contributed by atoms with Gasteiger partial charge in [0.15, 0.2) is 5.78 Å². The van der Waals surface area contributed by atoms with Crippen molar-refractivity contribution in [3.05, 3.63) is 70.7 Å². The number of ketones is 2. The minimum absolute atomic E-state index is 0.0237. The van der Waals surface area contributed by atoms with Crippen molar-refractivity contribution in [1.82, 2.24) is 0 Å². The predicted molar refractivity (Wildman–Crippen MR) is 98.7 cm³/mol. The molecular formula is C21H23ClO2. The van der Waals surface area contributed by atoms with Crippen molar-refractivity contribution >= 4 is 23.2 Å². The van der Waals surface area contributed by atoms with Gasteiger partial charge in [0.2, 0.25) is 0 Å². The first-order valence-corrected chi connectivity index (χ1v) is 8.86. The number of rotatable bonds is 9. The summed E-state index contributed by atoms with van der Waals surface area (Å²) in [5.74, 6) is -0.243. The summed E-state index contributed by atoms with van der Waals surface area (Å²) < 4.78 is 0. The molecule has 0 N–H and O–H groups in total. The quantitative estimate of drug-likeness (QED) is 0.423. The van der Waals surface area contributed by atoms with Gasteiger partial charge in [0.1, 0.15) is 5.78 Å². The Hall–Kier alpha value is -1.93. The molecule has 0 aliphatic carbocycles. The molecule has 126 valence electrons. The molecule has 2 nitrogen and oxygen atoms in total. The van der Waals surface area contributed by atoms with E-state index in [1.165, 1.54) is 0 Å². The zero-order valence-electron chi connectivity index (χ0n) is 14.0. The van der Waals surface area contributed by atoms with Crippen molar-refractivity contribution in [3.63, 3.8) is 0 Å². The molecule has 2 aromatic rings. The van der Waals surface area contributed by atoms with E-state index < -0.39 is 0 Å². The number of hydrogen-bond acceptors (Lipinski definition) is 2. The van der Waals surface area contributed by atoms with Gasteiger partial charge in [0.25, 0.3) is 0 Å². The number of carbonyl (C=O) groups is 2. The lowest BCUT2D eigenvalue weighted by molar-refractivity contribution is -0.120. The fourth-order valence-electron chi connectivity index (χ4n) is 2.77. The maximum absolute atomic E-state index is 12.7. The molecule has 24 heavy (non-hydrogen) atoms. The summed E-state index contributed by atoms with van der Waals surface area (Å²) in [7, 11) is 0. The Bertz CT molecular complexity index is 662. The van der Waals surface area contributed by atoms with Crippen LogP contribution in [0.25, 0.3) is 0 Å². The average molecular weight is 343 g/mol. The number of hydrogen-bond donors (Lipinski definition) is 0. The molecule has 2 rings (SSSR count). The van der Waals surface area contributed by atoms with E-state index in [-0.39, 0.29) is 23.9 Å². The molecular weight excluding hydrogens is 320 g/mol. The zero-order chi connectivity index (χ0) is 17.4. The van der Waals surface area contributed by atoms with Crippen LogP contribution in [0.4, 0.5) is 0 Å².